The quantitative estimate of drug-likeness (QED) is 0.327. The van der Waals surface area contributed by atoms with Crippen LogP contribution in [-0.4, -0.2) is 36.3 Å². The van der Waals surface area contributed by atoms with Crippen LogP contribution in [-0.2, 0) is 14.3 Å². The molecule has 26 heavy (non-hydrogen) atoms. The number of rotatable bonds is 8. The molecule has 0 saturated heterocycles. The molecule has 0 aliphatic rings. The largest absolute Gasteiger partial charge is 0.482 e. The van der Waals surface area contributed by atoms with Gasteiger partial charge in [-0.15, -0.1) is 11.8 Å². The summed E-state index contributed by atoms with van der Waals surface area (Å²) in [6, 6.07) is 12.6. The van der Waals surface area contributed by atoms with Crippen molar-refractivity contribution in [2.75, 3.05) is 24.8 Å². The molecular weight excluding hydrogens is 360 g/mol. The van der Waals surface area contributed by atoms with Crippen molar-refractivity contribution in [2.24, 2.45) is 0 Å². The summed E-state index contributed by atoms with van der Waals surface area (Å²) in [5.41, 5.74) is 0.595. The fourth-order valence-electron chi connectivity index (χ4n) is 1.85. The first-order valence-corrected chi connectivity index (χ1v) is 8.43. The number of thioether (sulfide) groups is 1. The number of nitro groups is 1. The molecule has 0 unspecified atom stereocenters. The minimum atomic E-state index is -0.481. The SMILES string of the molecule is COC(=O)COc1ccc(NC(=O)CSc2ccc([N+](=O)[O-])cc2)cc1. The summed E-state index contributed by atoms with van der Waals surface area (Å²) in [4.78, 5) is 33.9. The van der Waals surface area contributed by atoms with E-state index in [9.17, 15) is 19.7 Å². The highest BCUT2D eigenvalue weighted by Crippen LogP contribution is 2.22. The lowest BCUT2D eigenvalue weighted by Gasteiger charge is -2.07. The number of nitrogens with zero attached hydrogens (tertiary/aromatic N) is 1. The van der Waals surface area contributed by atoms with Gasteiger partial charge in [-0.1, -0.05) is 0 Å². The summed E-state index contributed by atoms with van der Waals surface area (Å²) in [6.07, 6.45) is 0. The Bertz CT molecular complexity index is 777. The number of esters is 1. The molecule has 8 nitrogen and oxygen atoms in total. The fourth-order valence-corrected chi connectivity index (χ4v) is 2.54. The maximum atomic E-state index is 12.0. The molecule has 2 rings (SSSR count). The normalized spacial score (nSPS) is 10.0. The second-order valence-electron chi connectivity index (χ2n) is 4.98. The van der Waals surface area contributed by atoms with E-state index in [2.05, 4.69) is 10.1 Å². The number of nitro benzene ring substituents is 1. The number of anilines is 1. The van der Waals surface area contributed by atoms with Gasteiger partial charge < -0.3 is 14.8 Å². The summed E-state index contributed by atoms with van der Waals surface area (Å²) in [6.45, 7) is -0.186. The molecule has 0 radical (unpaired) electrons. The molecule has 0 aliphatic carbocycles. The number of carbonyl (C=O) groups is 2. The Morgan fingerprint density at radius 2 is 1.77 bits per heavy atom. The van der Waals surface area contributed by atoms with Gasteiger partial charge >= 0.3 is 5.97 Å². The molecule has 0 spiro atoms. The third kappa shape index (κ3) is 6.10. The molecule has 0 aromatic heterocycles. The van der Waals surface area contributed by atoms with Crippen molar-refractivity contribution in [3.05, 3.63) is 58.6 Å². The van der Waals surface area contributed by atoms with Crippen LogP contribution in [0, 0.1) is 10.1 Å². The van der Waals surface area contributed by atoms with E-state index in [-0.39, 0.29) is 24.0 Å². The first-order chi connectivity index (χ1) is 12.5. The Morgan fingerprint density at radius 1 is 1.12 bits per heavy atom. The van der Waals surface area contributed by atoms with Crippen molar-refractivity contribution in [3.8, 4) is 5.75 Å². The number of hydrogen-bond donors (Lipinski definition) is 1. The zero-order valence-electron chi connectivity index (χ0n) is 13.8. The van der Waals surface area contributed by atoms with Crippen molar-refractivity contribution in [3.63, 3.8) is 0 Å². The highest BCUT2D eigenvalue weighted by molar-refractivity contribution is 8.00. The minimum absolute atomic E-state index is 0.00769. The van der Waals surface area contributed by atoms with Crippen molar-refractivity contribution in [2.45, 2.75) is 4.90 Å². The van der Waals surface area contributed by atoms with Gasteiger partial charge in [-0.05, 0) is 36.4 Å². The Hall–Kier alpha value is -3.07. The average molecular weight is 376 g/mol. The van der Waals surface area contributed by atoms with Gasteiger partial charge in [-0.2, -0.15) is 0 Å². The van der Waals surface area contributed by atoms with Crippen molar-refractivity contribution < 1.29 is 24.0 Å². The summed E-state index contributed by atoms with van der Waals surface area (Å²) in [5, 5.41) is 13.3. The van der Waals surface area contributed by atoms with E-state index in [4.69, 9.17) is 4.74 Å². The molecule has 0 saturated carbocycles. The second-order valence-corrected chi connectivity index (χ2v) is 6.03. The van der Waals surface area contributed by atoms with Crippen LogP contribution in [0.2, 0.25) is 0 Å². The Labute approximate surface area is 153 Å². The van der Waals surface area contributed by atoms with E-state index < -0.39 is 10.9 Å². The first-order valence-electron chi connectivity index (χ1n) is 7.44. The molecule has 0 bridgehead atoms. The van der Waals surface area contributed by atoms with Gasteiger partial charge in [0.2, 0.25) is 5.91 Å². The number of ether oxygens (including phenoxy) is 2. The van der Waals surface area contributed by atoms with Gasteiger partial charge in [0.15, 0.2) is 6.61 Å². The van der Waals surface area contributed by atoms with E-state index in [1.807, 2.05) is 0 Å². The molecule has 136 valence electrons. The van der Waals surface area contributed by atoms with Crippen LogP contribution in [0.1, 0.15) is 0 Å². The summed E-state index contributed by atoms with van der Waals surface area (Å²) in [7, 11) is 1.28. The maximum Gasteiger partial charge on any atom is 0.343 e. The Kier molecular flexibility index (Phi) is 6.98. The molecule has 0 atom stereocenters. The molecule has 9 heteroatoms. The summed E-state index contributed by atoms with van der Waals surface area (Å²) < 4.78 is 9.68. The molecule has 0 fully saturated rings. The predicted octanol–water partition coefficient (Wildman–Crippen LogP) is 2.88. The van der Waals surface area contributed by atoms with Crippen LogP contribution in [0.15, 0.2) is 53.4 Å². The first kappa shape index (κ1) is 19.3. The molecular formula is C17H16N2O6S. The lowest BCUT2D eigenvalue weighted by atomic mass is 10.3. The zero-order chi connectivity index (χ0) is 18.9. The van der Waals surface area contributed by atoms with E-state index in [0.29, 0.717) is 11.4 Å². The number of hydrogen-bond acceptors (Lipinski definition) is 7. The number of methoxy groups -OCH3 is 1. The third-order valence-electron chi connectivity index (χ3n) is 3.14. The molecule has 0 aliphatic heterocycles. The maximum absolute atomic E-state index is 12.0. The highest BCUT2D eigenvalue weighted by atomic mass is 32.2. The lowest BCUT2D eigenvalue weighted by Crippen LogP contribution is -2.14. The number of amides is 1. The number of nitrogens with one attached hydrogen (secondary N) is 1. The van der Waals surface area contributed by atoms with Gasteiger partial charge in [0.05, 0.1) is 17.8 Å². The number of carbonyl (C=O) groups excluding carboxylic acids is 2. The minimum Gasteiger partial charge on any atom is -0.482 e. The van der Waals surface area contributed by atoms with Crippen molar-refractivity contribution >= 4 is 35.0 Å². The predicted molar refractivity (Wildman–Crippen MR) is 96.4 cm³/mol. The second kappa shape index (κ2) is 9.42. The summed E-state index contributed by atoms with van der Waals surface area (Å²) >= 11 is 1.27. The molecule has 1 amide bonds. The molecule has 2 aromatic rings. The monoisotopic (exact) mass is 376 g/mol. The number of benzene rings is 2. The zero-order valence-corrected chi connectivity index (χ0v) is 14.7. The van der Waals surface area contributed by atoms with Crippen molar-refractivity contribution in [1.29, 1.82) is 0 Å². The average Bonchev–Trinajstić information content (AvgIpc) is 2.65. The lowest BCUT2D eigenvalue weighted by molar-refractivity contribution is -0.384. The van der Waals surface area contributed by atoms with Gasteiger partial charge in [-0.3, -0.25) is 14.9 Å². The Balaban J connectivity index is 1.80. The Morgan fingerprint density at radius 3 is 2.35 bits per heavy atom. The molecule has 2 aromatic carbocycles. The van der Waals surface area contributed by atoms with E-state index >= 15 is 0 Å². The van der Waals surface area contributed by atoms with Crippen LogP contribution in [0.3, 0.4) is 0 Å². The number of non-ortho nitro benzene ring substituents is 1. The molecule has 0 heterocycles. The van der Waals surface area contributed by atoms with Crippen LogP contribution < -0.4 is 10.1 Å². The van der Waals surface area contributed by atoms with E-state index in [1.165, 1.54) is 31.0 Å². The molecule has 1 N–H and O–H groups in total. The smallest absolute Gasteiger partial charge is 0.343 e. The highest BCUT2D eigenvalue weighted by Gasteiger charge is 2.07. The van der Waals surface area contributed by atoms with Gasteiger partial charge in [0.1, 0.15) is 5.75 Å². The van der Waals surface area contributed by atoms with Gasteiger partial charge in [-0.25, -0.2) is 4.79 Å². The van der Waals surface area contributed by atoms with Crippen LogP contribution in [0.4, 0.5) is 11.4 Å². The topological polar surface area (TPSA) is 108 Å². The van der Waals surface area contributed by atoms with Gasteiger partial charge in [0.25, 0.3) is 5.69 Å². The van der Waals surface area contributed by atoms with Crippen LogP contribution in [0.25, 0.3) is 0 Å². The van der Waals surface area contributed by atoms with Gasteiger partial charge in [0, 0.05) is 22.7 Å². The standard InChI is InChI=1S/C17H16N2O6S/c1-24-17(21)10-25-14-6-2-12(3-7-14)18-16(20)11-26-15-8-4-13(5-9-15)19(22)23/h2-9H,10-11H2,1H3,(H,18,20). The fraction of sp³-hybridized carbons (Fsp3) is 0.176. The van der Waals surface area contributed by atoms with Crippen molar-refractivity contribution in [1.82, 2.24) is 0 Å². The van der Waals surface area contributed by atoms with E-state index in [1.54, 1.807) is 36.4 Å². The van der Waals surface area contributed by atoms with E-state index in [0.717, 1.165) is 4.90 Å². The third-order valence-corrected chi connectivity index (χ3v) is 4.15. The van der Waals surface area contributed by atoms with Crippen LogP contribution in [0.5, 0.6) is 5.75 Å². The van der Waals surface area contributed by atoms with Crippen LogP contribution >= 0.6 is 11.8 Å². The summed E-state index contributed by atoms with van der Waals surface area (Å²) in [5.74, 6) is -0.0471.